The van der Waals surface area contributed by atoms with Gasteiger partial charge in [0.1, 0.15) is 5.82 Å². The van der Waals surface area contributed by atoms with Gasteiger partial charge >= 0.3 is 0 Å². The summed E-state index contributed by atoms with van der Waals surface area (Å²) in [4.78, 5) is 7.07. The number of fused-ring (bicyclic) bond motifs is 1. The summed E-state index contributed by atoms with van der Waals surface area (Å²) in [6.45, 7) is 1.75. The summed E-state index contributed by atoms with van der Waals surface area (Å²) in [6.07, 6.45) is 7.58. The van der Waals surface area contributed by atoms with Crippen molar-refractivity contribution < 1.29 is 4.39 Å². The standard InChI is InChI=1S/C14H14BrFN4S/c15-10-7-13-12(8-11(10)16)18-14(21)20(13)5-2-1-4-19-6-3-17-9-19/h3,6-9H,1-2,4-5H2,(H,18,21). The highest BCUT2D eigenvalue weighted by Crippen LogP contribution is 2.23. The molecule has 3 rings (SSSR count). The highest BCUT2D eigenvalue weighted by molar-refractivity contribution is 9.10. The molecule has 0 amide bonds. The van der Waals surface area contributed by atoms with Gasteiger partial charge in [0.05, 0.1) is 21.8 Å². The molecule has 0 spiro atoms. The van der Waals surface area contributed by atoms with Crippen molar-refractivity contribution in [3.8, 4) is 0 Å². The largest absolute Gasteiger partial charge is 0.337 e. The van der Waals surface area contributed by atoms with E-state index in [9.17, 15) is 4.39 Å². The van der Waals surface area contributed by atoms with Gasteiger partial charge in [-0.05, 0) is 47.1 Å². The number of nitrogens with zero attached hydrogens (tertiary/aromatic N) is 3. The molecule has 0 saturated carbocycles. The van der Waals surface area contributed by atoms with E-state index in [0.717, 1.165) is 37.0 Å². The summed E-state index contributed by atoms with van der Waals surface area (Å²) >= 11 is 8.54. The third-order valence-corrected chi connectivity index (χ3v) is 4.35. The van der Waals surface area contributed by atoms with E-state index in [1.165, 1.54) is 6.07 Å². The average molecular weight is 369 g/mol. The maximum Gasteiger partial charge on any atom is 0.178 e. The minimum atomic E-state index is -0.286. The lowest BCUT2D eigenvalue weighted by molar-refractivity contribution is 0.556. The highest BCUT2D eigenvalue weighted by atomic mass is 79.9. The van der Waals surface area contributed by atoms with Gasteiger partial charge in [-0.3, -0.25) is 0 Å². The number of hydrogen-bond donors (Lipinski definition) is 1. The Morgan fingerprint density at radius 2 is 2.10 bits per heavy atom. The lowest BCUT2D eigenvalue weighted by Gasteiger charge is -2.06. The molecule has 0 unspecified atom stereocenters. The monoisotopic (exact) mass is 368 g/mol. The van der Waals surface area contributed by atoms with E-state index in [2.05, 4.69) is 30.5 Å². The van der Waals surface area contributed by atoms with Gasteiger partial charge in [0.15, 0.2) is 4.77 Å². The number of benzene rings is 1. The Morgan fingerprint density at radius 3 is 2.86 bits per heavy atom. The first-order chi connectivity index (χ1) is 10.1. The molecular formula is C14H14BrFN4S. The van der Waals surface area contributed by atoms with Crippen LogP contribution in [-0.2, 0) is 13.1 Å². The molecule has 0 bridgehead atoms. The smallest absolute Gasteiger partial charge is 0.178 e. The van der Waals surface area contributed by atoms with Crippen LogP contribution in [0.1, 0.15) is 12.8 Å². The van der Waals surface area contributed by atoms with E-state index >= 15 is 0 Å². The van der Waals surface area contributed by atoms with Crippen LogP contribution in [0.2, 0.25) is 0 Å². The topological polar surface area (TPSA) is 38.5 Å². The van der Waals surface area contributed by atoms with Gasteiger partial charge in [0.2, 0.25) is 0 Å². The fourth-order valence-corrected chi connectivity index (χ4v) is 2.99. The van der Waals surface area contributed by atoms with Crippen LogP contribution in [0, 0.1) is 10.6 Å². The van der Waals surface area contributed by atoms with E-state index < -0.39 is 0 Å². The molecule has 0 fully saturated rings. The Labute approximate surface area is 134 Å². The number of aryl methyl sites for hydroxylation is 2. The van der Waals surface area contributed by atoms with Gasteiger partial charge in [0.25, 0.3) is 0 Å². The Kier molecular flexibility index (Phi) is 4.21. The number of halogens is 2. The number of nitrogens with one attached hydrogen (secondary N) is 1. The molecule has 0 aliphatic heterocycles. The number of hydrogen-bond acceptors (Lipinski definition) is 2. The number of rotatable bonds is 5. The number of H-pyrrole nitrogens is 1. The van der Waals surface area contributed by atoms with Crippen LogP contribution in [0.5, 0.6) is 0 Å². The minimum absolute atomic E-state index is 0.286. The van der Waals surface area contributed by atoms with Gasteiger partial charge in [0, 0.05) is 31.5 Å². The lowest BCUT2D eigenvalue weighted by atomic mass is 10.2. The predicted molar refractivity (Wildman–Crippen MR) is 86.2 cm³/mol. The van der Waals surface area contributed by atoms with Crippen molar-refractivity contribution in [2.24, 2.45) is 0 Å². The second-order valence-corrected chi connectivity index (χ2v) is 6.11. The van der Waals surface area contributed by atoms with E-state index in [1.54, 1.807) is 12.3 Å². The Hall–Kier alpha value is -1.47. The van der Waals surface area contributed by atoms with Crippen molar-refractivity contribution in [1.82, 2.24) is 19.1 Å². The van der Waals surface area contributed by atoms with Crippen LogP contribution in [0.3, 0.4) is 0 Å². The normalized spacial score (nSPS) is 11.3. The van der Waals surface area contributed by atoms with E-state index in [0.29, 0.717) is 9.24 Å². The lowest BCUT2D eigenvalue weighted by Crippen LogP contribution is -2.01. The average Bonchev–Trinajstić information content (AvgIpc) is 3.05. The first kappa shape index (κ1) is 14.5. The third kappa shape index (κ3) is 3.08. The van der Waals surface area contributed by atoms with E-state index in [4.69, 9.17) is 12.2 Å². The SMILES string of the molecule is Fc1cc2[nH]c(=S)n(CCCCn3ccnc3)c2cc1Br. The molecule has 2 heterocycles. The van der Waals surface area contributed by atoms with Gasteiger partial charge in [-0.25, -0.2) is 9.37 Å². The van der Waals surface area contributed by atoms with E-state index in [1.807, 2.05) is 17.1 Å². The predicted octanol–water partition coefficient (Wildman–Crippen LogP) is 4.28. The molecule has 1 N–H and O–H groups in total. The quantitative estimate of drug-likeness (QED) is 0.539. The molecular weight excluding hydrogens is 355 g/mol. The number of aromatic nitrogens is 4. The summed E-state index contributed by atoms with van der Waals surface area (Å²) < 4.78 is 18.7. The zero-order valence-electron chi connectivity index (χ0n) is 11.2. The van der Waals surface area contributed by atoms with Crippen LogP contribution in [0.15, 0.2) is 35.3 Å². The first-order valence-corrected chi connectivity index (χ1v) is 7.88. The van der Waals surface area contributed by atoms with Crippen LogP contribution in [0.4, 0.5) is 4.39 Å². The molecule has 1 aromatic carbocycles. The fourth-order valence-electron chi connectivity index (χ4n) is 2.36. The Morgan fingerprint density at radius 1 is 1.29 bits per heavy atom. The second kappa shape index (κ2) is 6.11. The van der Waals surface area contributed by atoms with Crippen molar-refractivity contribution in [2.75, 3.05) is 0 Å². The van der Waals surface area contributed by atoms with Crippen LogP contribution in [-0.4, -0.2) is 19.1 Å². The molecule has 0 radical (unpaired) electrons. The van der Waals surface area contributed by atoms with Gasteiger partial charge in [-0.2, -0.15) is 0 Å². The minimum Gasteiger partial charge on any atom is -0.337 e. The molecule has 21 heavy (non-hydrogen) atoms. The molecule has 3 aromatic rings. The molecule has 0 aliphatic carbocycles. The second-order valence-electron chi connectivity index (χ2n) is 4.87. The Balaban J connectivity index is 1.73. The molecule has 110 valence electrons. The molecule has 4 nitrogen and oxygen atoms in total. The fraction of sp³-hybridized carbons (Fsp3) is 0.286. The highest BCUT2D eigenvalue weighted by Gasteiger charge is 2.08. The Bertz CT molecular complexity index is 806. The molecule has 0 saturated heterocycles. The molecule has 2 aromatic heterocycles. The molecule has 7 heteroatoms. The van der Waals surface area contributed by atoms with Gasteiger partial charge < -0.3 is 14.1 Å². The van der Waals surface area contributed by atoms with Gasteiger partial charge in [-0.15, -0.1) is 0 Å². The first-order valence-electron chi connectivity index (χ1n) is 6.68. The number of unbranched alkanes of at least 4 members (excludes halogenated alkanes) is 1. The van der Waals surface area contributed by atoms with Gasteiger partial charge in [-0.1, -0.05) is 0 Å². The van der Waals surface area contributed by atoms with Crippen molar-refractivity contribution in [3.63, 3.8) is 0 Å². The number of aromatic amines is 1. The maximum atomic E-state index is 13.5. The van der Waals surface area contributed by atoms with Crippen molar-refractivity contribution in [2.45, 2.75) is 25.9 Å². The summed E-state index contributed by atoms with van der Waals surface area (Å²) in [5.41, 5.74) is 1.66. The molecule has 0 atom stereocenters. The zero-order chi connectivity index (χ0) is 14.8. The summed E-state index contributed by atoms with van der Waals surface area (Å²) in [7, 11) is 0. The third-order valence-electron chi connectivity index (χ3n) is 3.42. The van der Waals surface area contributed by atoms with Crippen molar-refractivity contribution in [1.29, 1.82) is 0 Å². The van der Waals surface area contributed by atoms with Crippen molar-refractivity contribution >= 4 is 39.2 Å². The van der Waals surface area contributed by atoms with Crippen LogP contribution in [0.25, 0.3) is 11.0 Å². The summed E-state index contributed by atoms with van der Waals surface area (Å²) in [5.74, 6) is -0.286. The van der Waals surface area contributed by atoms with Crippen LogP contribution >= 0.6 is 28.1 Å². The van der Waals surface area contributed by atoms with Crippen molar-refractivity contribution in [3.05, 3.63) is 45.9 Å². The van der Waals surface area contributed by atoms with Crippen LogP contribution < -0.4 is 0 Å². The summed E-state index contributed by atoms with van der Waals surface area (Å²) in [6, 6.07) is 3.24. The summed E-state index contributed by atoms with van der Waals surface area (Å²) in [5, 5.41) is 0. The molecule has 0 aliphatic rings. The maximum absolute atomic E-state index is 13.5. The number of imidazole rings is 2. The zero-order valence-corrected chi connectivity index (χ0v) is 13.6. The van der Waals surface area contributed by atoms with E-state index in [-0.39, 0.29) is 5.82 Å².